The van der Waals surface area contributed by atoms with Crippen molar-refractivity contribution in [2.24, 2.45) is 0 Å². The summed E-state index contributed by atoms with van der Waals surface area (Å²) >= 11 is 0. The summed E-state index contributed by atoms with van der Waals surface area (Å²) in [6, 6.07) is 3.03. The van der Waals surface area contributed by atoms with Crippen molar-refractivity contribution < 1.29 is 9.66 Å². The van der Waals surface area contributed by atoms with Crippen LogP contribution in [0.15, 0.2) is 18.3 Å². The fraction of sp³-hybridized carbons (Fsp3) is 0.583. The molecule has 1 aromatic rings. The van der Waals surface area contributed by atoms with Gasteiger partial charge in [0, 0.05) is 12.6 Å². The van der Waals surface area contributed by atoms with Crippen LogP contribution in [0.5, 0.6) is 0 Å². The van der Waals surface area contributed by atoms with Crippen molar-refractivity contribution in [3.05, 3.63) is 28.4 Å². The Kier molecular flexibility index (Phi) is 5.05. The first-order valence-corrected chi connectivity index (χ1v) is 6.42. The fourth-order valence-corrected chi connectivity index (χ4v) is 1.97. The molecule has 1 aliphatic rings. The Hall–Kier alpha value is -1.73. The Morgan fingerprint density at radius 3 is 2.89 bits per heavy atom. The Morgan fingerprint density at radius 1 is 1.47 bits per heavy atom. The summed E-state index contributed by atoms with van der Waals surface area (Å²) in [5.41, 5.74) is -0.00324. The molecule has 19 heavy (non-hydrogen) atoms. The standard InChI is InChI=1S/C12H18N4O3/c17-16(18)10-1-2-12(15-9-10)14-7-8-19-11-3-5-13-6-4-11/h1-2,9,11,13H,3-8H2,(H,14,15). The molecule has 2 N–H and O–H groups in total. The summed E-state index contributed by atoms with van der Waals surface area (Å²) in [6.45, 7) is 3.29. The van der Waals surface area contributed by atoms with Crippen molar-refractivity contribution in [3.63, 3.8) is 0 Å². The predicted molar refractivity (Wildman–Crippen MR) is 71.2 cm³/mol. The third kappa shape index (κ3) is 4.46. The molecular formula is C12H18N4O3. The molecular weight excluding hydrogens is 248 g/mol. The molecule has 0 amide bonds. The minimum Gasteiger partial charge on any atom is -0.376 e. The van der Waals surface area contributed by atoms with Crippen molar-refractivity contribution in [2.45, 2.75) is 18.9 Å². The third-order valence-electron chi connectivity index (χ3n) is 3.01. The molecule has 0 bridgehead atoms. The summed E-state index contributed by atoms with van der Waals surface area (Å²) in [5, 5.41) is 16.8. The lowest BCUT2D eigenvalue weighted by Crippen LogP contribution is -2.33. The van der Waals surface area contributed by atoms with E-state index >= 15 is 0 Å². The predicted octanol–water partition coefficient (Wildman–Crippen LogP) is 1.17. The average molecular weight is 266 g/mol. The molecule has 7 heteroatoms. The van der Waals surface area contributed by atoms with E-state index < -0.39 is 4.92 Å². The molecule has 1 fully saturated rings. The highest BCUT2D eigenvalue weighted by Gasteiger charge is 2.12. The van der Waals surface area contributed by atoms with E-state index in [9.17, 15) is 10.1 Å². The van der Waals surface area contributed by atoms with Crippen molar-refractivity contribution in [2.75, 3.05) is 31.6 Å². The van der Waals surface area contributed by atoms with Crippen LogP contribution < -0.4 is 10.6 Å². The number of rotatable bonds is 6. The van der Waals surface area contributed by atoms with Gasteiger partial charge < -0.3 is 15.4 Å². The number of aromatic nitrogens is 1. The van der Waals surface area contributed by atoms with Crippen LogP contribution in [0.2, 0.25) is 0 Å². The summed E-state index contributed by atoms with van der Waals surface area (Å²) < 4.78 is 5.73. The second-order valence-corrected chi connectivity index (χ2v) is 4.41. The zero-order valence-corrected chi connectivity index (χ0v) is 10.7. The van der Waals surface area contributed by atoms with Gasteiger partial charge in [0.15, 0.2) is 0 Å². The normalized spacial score (nSPS) is 16.2. The maximum Gasteiger partial charge on any atom is 0.287 e. The van der Waals surface area contributed by atoms with E-state index in [1.165, 1.54) is 12.3 Å². The number of anilines is 1. The maximum atomic E-state index is 10.5. The number of ether oxygens (including phenoxy) is 1. The van der Waals surface area contributed by atoms with Crippen LogP contribution in [0.25, 0.3) is 0 Å². The number of hydrogen-bond acceptors (Lipinski definition) is 6. The second-order valence-electron chi connectivity index (χ2n) is 4.41. The van der Waals surface area contributed by atoms with Gasteiger partial charge in [-0.3, -0.25) is 10.1 Å². The fourth-order valence-electron chi connectivity index (χ4n) is 1.97. The van der Waals surface area contributed by atoms with Crippen molar-refractivity contribution in [1.29, 1.82) is 0 Å². The van der Waals surface area contributed by atoms with Crippen molar-refractivity contribution in [1.82, 2.24) is 10.3 Å². The molecule has 1 saturated heterocycles. The van der Waals surface area contributed by atoms with Gasteiger partial charge in [0.2, 0.25) is 0 Å². The molecule has 2 heterocycles. The van der Waals surface area contributed by atoms with E-state index in [-0.39, 0.29) is 5.69 Å². The first-order valence-electron chi connectivity index (χ1n) is 6.42. The molecule has 0 aromatic carbocycles. The number of nitro groups is 1. The Morgan fingerprint density at radius 2 is 2.26 bits per heavy atom. The maximum absolute atomic E-state index is 10.5. The topological polar surface area (TPSA) is 89.3 Å². The van der Waals surface area contributed by atoms with Crippen LogP contribution in [0.3, 0.4) is 0 Å². The Balaban J connectivity index is 1.66. The SMILES string of the molecule is O=[N+]([O-])c1ccc(NCCOC2CCNCC2)nc1. The molecule has 7 nitrogen and oxygen atoms in total. The molecule has 1 aliphatic heterocycles. The van der Waals surface area contributed by atoms with Gasteiger partial charge >= 0.3 is 0 Å². The van der Waals surface area contributed by atoms with Crippen LogP contribution in [0.4, 0.5) is 11.5 Å². The molecule has 0 atom stereocenters. The molecule has 2 rings (SSSR count). The van der Waals surface area contributed by atoms with Crippen LogP contribution in [0.1, 0.15) is 12.8 Å². The van der Waals surface area contributed by atoms with E-state index in [2.05, 4.69) is 15.6 Å². The Bertz CT molecular complexity index is 404. The van der Waals surface area contributed by atoms with Gasteiger partial charge in [-0.1, -0.05) is 0 Å². The van der Waals surface area contributed by atoms with Crippen LogP contribution in [-0.4, -0.2) is 42.3 Å². The van der Waals surface area contributed by atoms with Gasteiger partial charge in [0.05, 0.1) is 17.6 Å². The monoisotopic (exact) mass is 266 g/mol. The van der Waals surface area contributed by atoms with Gasteiger partial charge in [-0.15, -0.1) is 0 Å². The quantitative estimate of drug-likeness (QED) is 0.456. The van der Waals surface area contributed by atoms with Crippen molar-refractivity contribution in [3.8, 4) is 0 Å². The van der Waals surface area contributed by atoms with Gasteiger partial charge in [0.25, 0.3) is 5.69 Å². The highest BCUT2D eigenvalue weighted by Crippen LogP contribution is 2.11. The Labute approximate surface area is 111 Å². The largest absolute Gasteiger partial charge is 0.376 e. The number of nitrogens with zero attached hydrogens (tertiary/aromatic N) is 2. The summed E-state index contributed by atoms with van der Waals surface area (Å²) in [6.07, 6.45) is 3.69. The lowest BCUT2D eigenvalue weighted by molar-refractivity contribution is -0.385. The van der Waals surface area contributed by atoms with E-state index in [1.54, 1.807) is 6.07 Å². The summed E-state index contributed by atoms with van der Waals surface area (Å²) in [4.78, 5) is 14.0. The minimum atomic E-state index is -0.461. The van der Waals surface area contributed by atoms with Gasteiger partial charge in [-0.25, -0.2) is 4.98 Å². The lowest BCUT2D eigenvalue weighted by atomic mass is 10.1. The summed E-state index contributed by atoms with van der Waals surface area (Å²) in [7, 11) is 0. The molecule has 0 spiro atoms. The van der Waals surface area contributed by atoms with E-state index in [4.69, 9.17) is 4.74 Å². The van der Waals surface area contributed by atoms with Crippen LogP contribution in [0, 0.1) is 10.1 Å². The third-order valence-corrected chi connectivity index (χ3v) is 3.01. The molecule has 104 valence electrons. The number of nitrogens with one attached hydrogen (secondary N) is 2. The first kappa shape index (κ1) is 13.7. The van der Waals surface area contributed by atoms with Crippen LogP contribution >= 0.6 is 0 Å². The number of pyridine rings is 1. The van der Waals surface area contributed by atoms with E-state index in [0.717, 1.165) is 25.9 Å². The molecule has 0 unspecified atom stereocenters. The first-order chi connectivity index (χ1) is 9.25. The van der Waals surface area contributed by atoms with Gasteiger partial charge in [-0.05, 0) is 32.0 Å². The van der Waals surface area contributed by atoms with Crippen molar-refractivity contribution >= 4 is 11.5 Å². The number of piperidine rings is 1. The van der Waals surface area contributed by atoms with Crippen LogP contribution in [-0.2, 0) is 4.74 Å². The zero-order chi connectivity index (χ0) is 13.5. The minimum absolute atomic E-state index is 0.00324. The average Bonchev–Trinajstić information content (AvgIpc) is 2.45. The zero-order valence-electron chi connectivity index (χ0n) is 10.7. The second kappa shape index (κ2) is 7.01. The highest BCUT2D eigenvalue weighted by atomic mass is 16.6. The molecule has 0 aliphatic carbocycles. The molecule has 1 aromatic heterocycles. The van der Waals surface area contributed by atoms with E-state index in [1.807, 2.05) is 0 Å². The smallest absolute Gasteiger partial charge is 0.287 e. The van der Waals surface area contributed by atoms with Gasteiger partial charge in [0.1, 0.15) is 12.0 Å². The molecule has 0 radical (unpaired) electrons. The highest BCUT2D eigenvalue weighted by molar-refractivity contribution is 5.39. The lowest BCUT2D eigenvalue weighted by Gasteiger charge is -2.22. The number of hydrogen-bond donors (Lipinski definition) is 2. The van der Waals surface area contributed by atoms with Gasteiger partial charge in [-0.2, -0.15) is 0 Å². The summed E-state index contributed by atoms with van der Waals surface area (Å²) in [5.74, 6) is 0.625. The molecule has 0 saturated carbocycles. The van der Waals surface area contributed by atoms with E-state index in [0.29, 0.717) is 25.1 Å².